The fraction of sp³-hybridized carbons (Fsp3) is 0.333. The number of nitrogens with zero attached hydrogens (tertiary/aromatic N) is 2. The molecule has 3 aromatic rings. The number of aromatic nitrogens is 1. The van der Waals surface area contributed by atoms with Crippen LogP contribution in [0.4, 0.5) is 0 Å². The van der Waals surface area contributed by atoms with E-state index in [4.69, 9.17) is 0 Å². The number of pyridine rings is 1. The molecule has 0 spiro atoms. The van der Waals surface area contributed by atoms with E-state index in [0.29, 0.717) is 22.0 Å². The molecule has 1 fully saturated rings. The molecule has 0 amide bonds. The monoisotopic (exact) mass is 390 g/mol. The van der Waals surface area contributed by atoms with E-state index in [1.807, 2.05) is 50.2 Å². The molecule has 2 N–H and O–H groups in total. The van der Waals surface area contributed by atoms with Crippen molar-refractivity contribution < 1.29 is 10.2 Å². The Morgan fingerprint density at radius 1 is 1.03 bits per heavy atom. The van der Waals surface area contributed by atoms with Gasteiger partial charge in [0.15, 0.2) is 0 Å². The summed E-state index contributed by atoms with van der Waals surface area (Å²) in [5.41, 5.74) is 2.98. The van der Waals surface area contributed by atoms with Gasteiger partial charge in [-0.3, -0.25) is 9.79 Å². The summed E-state index contributed by atoms with van der Waals surface area (Å²) in [7, 11) is 0. The average molecular weight is 390 g/mol. The lowest BCUT2D eigenvalue weighted by molar-refractivity contribution is 0.123. The summed E-state index contributed by atoms with van der Waals surface area (Å²) in [4.78, 5) is 17.9. The lowest BCUT2D eigenvalue weighted by Gasteiger charge is -2.22. The van der Waals surface area contributed by atoms with Gasteiger partial charge < -0.3 is 10.2 Å². The zero-order valence-corrected chi connectivity index (χ0v) is 16.8. The van der Waals surface area contributed by atoms with E-state index in [0.717, 1.165) is 36.8 Å². The summed E-state index contributed by atoms with van der Waals surface area (Å²) in [6.07, 6.45) is 4.61. The zero-order valence-electron chi connectivity index (χ0n) is 16.8. The van der Waals surface area contributed by atoms with E-state index >= 15 is 0 Å². The van der Waals surface area contributed by atoms with Crippen molar-refractivity contribution in [1.82, 2.24) is 4.57 Å². The van der Waals surface area contributed by atoms with E-state index < -0.39 is 0 Å². The number of aliphatic hydroxyl groups is 1. The molecule has 29 heavy (non-hydrogen) atoms. The lowest BCUT2D eigenvalue weighted by atomic mass is 9.93. The predicted molar refractivity (Wildman–Crippen MR) is 117 cm³/mol. The number of aromatic hydroxyl groups is 1. The van der Waals surface area contributed by atoms with Crippen LogP contribution in [0.3, 0.4) is 0 Å². The summed E-state index contributed by atoms with van der Waals surface area (Å²) >= 11 is 0. The minimum absolute atomic E-state index is 0.0970. The Bertz CT molecular complexity index is 1140. The highest BCUT2D eigenvalue weighted by molar-refractivity contribution is 6.01. The van der Waals surface area contributed by atoms with Crippen LogP contribution < -0.4 is 5.56 Å². The van der Waals surface area contributed by atoms with E-state index in [1.54, 1.807) is 12.3 Å². The molecule has 1 aliphatic carbocycles. The fourth-order valence-electron chi connectivity index (χ4n) is 4.16. The van der Waals surface area contributed by atoms with Crippen LogP contribution in [0, 0.1) is 13.8 Å². The number of hydrogen-bond acceptors (Lipinski definition) is 4. The van der Waals surface area contributed by atoms with Crippen molar-refractivity contribution >= 4 is 17.0 Å². The Labute approximate surface area is 170 Å². The van der Waals surface area contributed by atoms with Gasteiger partial charge in [0, 0.05) is 17.0 Å². The summed E-state index contributed by atoms with van der Waals surface area (Å²) < 4.78 is 1.38. The van der Waals surface area contributed by atoms with Crippen molar-refractivity contribution in [2.75, 3.05) is 0 Å². The molecule has 0 radical (unpaired) electrons. The molecular weight excluding hydrogens is 364 g/mol. The third-order valence-electron chi connectivity index (χ3n) is 5.78. The van der Waals surface area contributed by atoms with Crippen LogP contribution in [-0.4, -0.2) is 33.1 Å². The smallest absolute Gasteiger partial charge is 0.265 e. The van der Waals surface area contributed by atoms with Gasteiger partial charge in [-0.1, -0.05) is 35.9 Å². The quantitative estimate of drug-likeness (QED) is 0.663. The zero-order chi connectivity index (χ0) is 20.5. The molecule has 4 rings (SSSR count). The van der Waals surface area contributed by atoms with Crippen LogP contribution in [-0.2, 0) is 0 Å². The molecule has 1 saturated carbocycles. The Hall–Kier alpha value is -2.92. The van der Waals surface area contributed by atoms with Crippen LogP contribution in [0.25, 0.3) is 16.5 Å². The van der Waals surface area contributed by atoms with Gasteiger partial charge in [0.2, 0.25) is 5.88 Å². The van der Waals surface area contributed by atoms with Gasteiger partial charge in [0.25, 0.3) is 5.56 Å². The first-order valence-electron chi connectivity index (χ1n) is 10.1. The van der Waals surface area contributed by atoms with Gasteiger partial charge in [-0.25, -0.2) is 4.57 Å². The third kappa shape index (κ3) is 3.70. The standard InChI is InChI=1S/C24H26N2O3/c1-15-7-12-22(16(2)13-15)26-23(28)20-6-4-3-5-19(20)21(24(26)29)14-25-17-8-10-18(27)11-9-17/h3-7,12-14,17-18,27,29H,8-11H2,1-2H3. The first kappa shape index (κ1) is 19.4. The molecule has 0 saturated heterocycles. The molecule has 0 unspecified atom stereocenters. The number of aliphatic hydroxyl groups excluding tert-OH is 1. The van der Waals surface area contributed by atoms with Crippen molar-refractivity contribution in [3.8, 4) is 11.6 Å². The van der Waals surface area contributed by atoms with Gasteiger partial charge in [-0.15, -0.1) is 0 Å². The van der Waals surface area contributed by atoms with Gasteiger partial charge in [-0.2, -0.15) is 0 Å². The first-order valence-corrected chi connectivity index (χ1v) is 10.1. The largest absolute Gasteiger partial charge is 0.494 e. The minimum Gasteiger partial charge on any atom is -0.494 e. The molecule has 5 nitrogen and oxygen atoms in total. The van der Waals surface area contributed by atoms with Crippen LogP contribution >= 0.6 is 0 Å². The van der Waals surface area contributed by atoms with Crippen molar-refractivity contribution in [3.63, 3.8) is 0 Å². The predicted octanol–water partition coefficient (Wildman–Crippen LogP) is 4.04. The summed E-state index contributed by atoms with van der Waals surface area (Å²) in [6.45, 7) is 3.93. The molecule has 0 bridgehead atoms. The summed E-state index contributed by atoms with van der Waals surface area (Å²) in [6, 6.07) is 13.2. The molecule has 1 aromatic heterocycles. The molecule has 150 valence electrons. The van der Waals surface area contributed by atoms with Gasteiger partial charge in [0.05, 0.1) is 23.4 Å². The number of aryl methyl sites for hydroxylation is 2. The second-order valence-electron chi connectivity index (χ2n) is 7.95. The molecule has 0 atom stereocenters. The molecule has 1 aliphatic rings. The molecule has 5 heteroatoms. The second kappa shape index (κ2) is 7.84. The maximum atomic E-state index is 13.2. The number of benzene rings is 2. The van der Waals surface area contributed by atoms with Crippen molar-refractivity contribution in [2.24, 2.45) is 4.99 Å². The number of hydrogen-bond donors (Lipinski definition) is 2. The van der Waals surface area contributed by atoms with Crippen LogP contribution in [0.1, 0.15) is 42.4 Å². The first-order chi connectivity index (χ1) is 14.0. The number of rotatable bonds is 3. The van der Waals surface area contributed by atoms with Gasteiger partial charge in [-0.05, 0) is 57.2 Å². The minimum atomic E-state index is -0.247. The highest BCUT2D eigenvalue weighted by Crippen LogP contribution is 2.28. The van der Waals surface area contributed by atoms with Crippen molar-refractivity contribution in [1.29, 1.82) is 0 Å². The summed E-state index contributed by atoms with van der Waals surface area (Å²) in [5, 5.41) is 22.1. The topological polar surface area (TPSA) is 74.8 Å². The van der Waals surface area contributed by atoms with Crippen LogP contribution in [0.15, 0.2) is 52.3 Å². The average Bonchev–Trinajstić information content (AvgIpc) is 2.71. The lowest BCUT2D eigenvalue weighted by Crippen LogP contribution is -2.22. The van der Waals surface area contributed by atoms with Crippen molar-refractivity contribution in [2.45, 2.75) is 51.7 Å². The molecule has 2 aromatic carbocycles. The Kier molecular flexibility index (Phi) is 5.24. The Morgan fingerprint density at radius 3 is 2.41 bits per heavy atom. The molecule has 1 heterocycles. The Morgan fingerprint density at radius 2 is 1.72 bits per heavy atom. The van der Waals surface area contributed by atoms with Crippen molar-refractivity contribution in [3.05, 3.63) is 69.5 Å². The van der Waals surface area contributed by atoms with E-state index in [2.05, 4.69) is 4.99 Å². The molecular formula is C24H26N2O3. The van der Waals surface area contributed by atoms with Crippen LogP contribution in [0.2, 0.25) is 0 Å². The highest BCUT2D eigenvalue weighted by atomic mass is 16.3. The number of aliphatic imine (C=N–C) groups is 1. The fourth-order valence-corrected chi connectivity index (χ4v) is 4.16. The third-order valence-corrected chi connectivity index (χ3v) is 5.78. The normalized spacial score (nSPS) is 19.8. The number of fused-ring (bicyclic) bond motifs is 1. The van der Waals surface area contributed by atoms with Gasteiger partial charge in [0.1, 0.15) is 0 Å². The maximum absolute atomic E-state index is 13.2. The second-order valence-corrected chi connectivity index (χ2v) is 7.95. The summed E-state index contributed by atoms with van der Waals surface area (Å²) in [5.74, 6) is -0.0970. The Balaban J connectivity index is 1.89. The maximum Gasteiger partial charge on any atom is 0.265 e. The van der Waals surface area contributed by atoms with E-state index in [-0.39, 0.29) is 23.6 Å². The van der Waals surface area contributed by atoms with E-state index in [1.165, 1.54) is 4.57 Å². The highest BCUT2D eigenvalue weighted by Gasteiger charge is 2.20. The van der Waals surface area contributed by atoms with Crippen LogP contribution in [0.5, 0.6) is 5.88 Å². The van der Waals surface area contributed by atoms with Gasteiger partial charge >= 0.3 is 0 Å². The van der Waals surface area contributed by atoms with E-state index in [9.17, 15) is 15.0 Å². The SMILES string of the molecule is Cc1ccc(-n2c(O)c(C=NC3CCC(O)CC3)c3ccccc3c2=O)c(C)c1. The molecule has 0 aliphatic heterocycles.